The molecule has 0 amide bonds. The molecule has 1 atom stereocenters. The van der Waals surface area contributed by atoms with Crippen LogP contribution in [0.5, 0.6) is 28.9 Å². The van der Waals surface area contributed by atoms with Gasteiger partial charge in [-0.3, -0.25) is 0 Å². The fraction of sp³-hybridized carbons (Fsp3) is 0.129. The van der Waals surface area contributed by atoms with Gasteiger partial charge in [0.1, 0.15) is 24.4 Å². The first-order chi connectivity index (χ1) is 19.2. The Bertz CT molecular complexity index is 1830. The Hall–Kier alpha value is -5.11. The molecule has 7 rings (SSSR count). The lowest BCUT2D eigenvalue weighted by molar-refractivity contribution is 0.296. The lowest BCUT2D eigenvalue weighted by Crippen LogP contribution is -2.15. The van der Waals surface area contributed by atoms with Gasteiger partial charge in [0, 0.05) is 11.5 Å². The molecular formula is C31H24N4O4. The topological polar surface area (TPSA) is 80.0 Å². The molecular weight excluding hydrogens is 492 g/mol. The number of para-hydroxylation sites is 1. The fourth-order valence-corrected chi connectivity index (χ4v) is 5.24. The molecule has 0 aliphatic carbocycles. The highest BCUT2D eigenvalue weighted by Crippen LogP contribution is 2.51. The van der Waals surface area contributed by atoms with Crippen molar-refractivity contribution < 1.29 is 18.9 Å². The van der Waals surface area contributed by atoms with Gasteiger partial charge in [-0.2, -0.15) is 0 Å². The summed E-state index contributed by atoms with van der Waals surface area (Å²) in [5.74, 6) is 3.59. The maximum atomic E-state index is 6.41. The Morgan fingerprint density at radius 1 is 0.846 bits per heavy atom. The van der Waals surface area contributed by atoms with E-state index in [-0.39, 0.29) is 12.5 Å². The van der Waals surface area contributed by atoms with Gasteiger partial charge in [0.25, 0.3) is 0 Å². The zero-order valence-corrected chi connectivity index (χ0v) is 21.4. The molecule has 2 aromatic heterocycles. The van der Waals surface area contributed by atoms with Crippen LogP contribution in [0.25, 0.3) is 16.4 Å². The quantitative estimate of drug-likeness (QED) is 0.262. The van der Waals surface area contributed by atoms with E-state index in [4.69, 9.17) is 23.9 Å². The number of benzene rings is 4. The standard InChI is InChI=1S/C31H24N4O4/c1-36-23-14-13-20(16-25(23)37-2)27-28-22-11-7-6-8-19(22)12-15-24(28)39-31-29(27)30-33-26(34-35(30)18-32-31)17-38-21-9-4-3-5-10-21/h3-16,18,27H,17H2,1-2H3/t27-/m0/s1. The highest BCUT2D eigenvalue weighted by molar-refractivity contribution is 5.90. The molecule has 6 aromatic rings. The Balaban J connectivity index is 1.43. The maximum Gasteiger partial charge on any atom is 0.228 e. The molecule has 8 heteroatoms. The lowest BCUT2D eigenvalue weighted by atomic mass is 9.81. The largest absolute Gasteiger partial charge is 0.493 e. The van der Waals surface area contributed by atoms with Crippen molar-refractivity contribution in [1.29, 1.82) is 0 Å². The van der Waals surface area contributed by atoms with Gasteiger partial charge in [-0.05, 0) is 46.7 Å². The summed E-state index contributed by atoms with van der Waals surface area (Å²) in [6.45, 7) is 0.224. The van der Waals surface area contributed by atoms with Crippen LogP contribution in [0.1, 0.15) is 28.4 Å². The number of methoxy groups -OCH3 is 2. The van der Waals surface area contributed by atoms with Crippen LogP contribution in [0.4, 0.5) is 0 Å². The molecule has 192 valence electrons. The molecule has 0 spiro atoms. The van der Waals surface area contributed by atoms with Gasteiger partial charge in [-0.25, -0.2) is 14.5 Å². The Morgan fingerprint density at radius 3 is 2.51 bits per heavy atom. The Kier molecular flexibility index (Phi) is 5.51. The van der Waals surface area contributed by atoms with Crippen LogP contribution < -0.4 is 18.9 Å². The second-order valence-electron chi connectivity index (χ2n) is 9.21. The Morgan fingerprint density at radius 2 is 1.67 bits per heavy atom. The van der Waals surface area contributed by atoms with E-state index in [2.05, 4.69) is 28.3 Å². The molecule has 0 saturated carbocycles. The van der Waals surface area contributed by atoms with Gasteiger partial charge in [-0.15, -0.1) is 5.10 Å². The third-order valence-corrected chi connectivity index (χ3v) is 7.00. The second-order valence-corrected chi connectivity index (χ2v) is 9.21. The van der Waals surface area contributed by atoms with Gasteiger partial charge in [-0.1, -0.05) is 54.6 Å². The summed E-state index contributed by atoms with van der Waals surface area (Å²) in [4.78, 5) is 9.55. The van der Waals surface area contributed by atoms with Crippen LogP contribution in [0.2, 0.25) is 0 Å². The third-order valence-electron chi connectivity index (χ3n) is 7.00. The minimum atomic E-state index is -0.252. The molecule has 0 saturated heterocycles. The molecule has 0 N–H and O–H groups in total. The van der Waals surface area contributed by atoms with E-state index in [1.807, 2.05) is 66.7 Å². The van der Waals surface area contributed by atoms with E-state index < -0.39 is 0 Å². The van der Waals surface area contributed by atoms with Crippen molar-refractivity contribution in [3.05, 3.63) is 114 Å². The molecule has 4 aromatic carbocycles. The van der Waals surface area contributed by atoms with Gasteiger partial charge in [0.05, 0.1) is 19.8 Å². The fourth-order valence-electron chi connectivity index (χ4n) is 5.24. The molecule has 8 nitrogen and oxygen atoms in total. The van der Waals surface area contributed by atoms with Crippen molar-refractivity contribution in [2.24, 2.45) is 0 Å². The van der Waals surface area contributed by atoms with E-state index >= 15 is 0 Å². The summed E-state index contributed by atoms with van der Waals surface area (Å²) >= 11 is 0. The van der Waals surface area contributed by atoms with E-state index in [0.29, 0.717) is 28.9 Å². The number of hydrogen-bond acceptors (Lipinski definition) is 7. The molecule has 3 heterocycles. The molecule has 0 radical (unpaired) electrons. The molecule has 1 aliphatic heterocycles. The molecule has 0 fully saturated rings. The zero-order valence-electron chi connectivity index (χ0n) is 21.4. The number of nitrogens with zero attached hydrogens (tertiary/aromatic N) is 4. The van der Waals surface area contributed by atoms with E-state index in [1.54, 1.807) is 25.1 Å². The summed E-state index contributed by atoms with van der Waals surface area (Å²) in [7, 11) is 3.27. The summed E-state index contributed by atoms with van der Waals surface area (Å²) in [6, 6.07) is 28.0. The van der Waals surface area contributed by atoms with Crippen LogP contribution in [0.15, 0.2) is 91.3 Å². The first kappa shape index (κ1) is 23.0. The van der Waals surface area contributed by atoms with Gasteiger partial charge in [0.15, 0.2) is 23.0 Å². The lowest BCUT2D eigenvalue weighted by Gasteiger charge is -2.29. The SMILES string of the molecule is COc1ccc([C@H]2c3c(ccc4ccccc34)Oc3ncn4nc(COc5ccccc5)nc4c32)cc1OC. The van der Waals surface area contributed by atoms with E-state index in [0.717, 1.165) is 39.0 Å². The van der Waals surface area contributed by atoms with Crippen LogP contribution >= 0.6 is 0 Å². The molecule has 39 heavy (non-hydrogen) atoms. The van der Waals surface area contributed by atoms with Crippen molar-refractivity contribution in [3.8, 4) is 28.9 Å². The minimum absolute atomic E-state index is 0.224. The van der Waals surface area contributed by atoms with Crippen molar-refractivity contribution in [2.75, 3.05) is 14.2 Å². The van der Waals surface area contributed by atoms with Crippen LogP contribution in [0, 0.1) is 0 Å². The first-order valence-electron chi connectivity index (χ1n) is 12.6. The second kappa shape index (κ2) is 9.33. The predicted molar refractivity (Wildman–Crippen MR) is 146 cm³/mol. The summed E-state index contributed by atoms with van der Waals surface area (Å²) < 4.78 is 25.2. The average molecular weight is 517 g/mol. The summed E-state index contributed by atoms with van der Waals surface area (Å²) in [5.41, 5.74) is 3.51. The number of ether oxygens (including phenoxy) is 4. The van der Waals surface area contributed by atoms with E-state index in [1.165, 1.54) is 0 Å². The zero-order chi connectivity index (χ0) is 26.3. The first-order valence-corrected chi connectivity index (χ1v) is 12.6. The van der Waals surface area contributed by atoms with Gasteiger partial charge in [0.2, 0.25) is 5.88 Å². The van der Waals surface area contributed by atoms with Crippen molar-refractivity contribution >= 4 is 16.4 Å². The minimum Gasteiger partial charge on any atom is -0.493 e. The highest BCUT2D eigenvalue weighted by Gasteiger charge is 2.35. The van der Waals surface area contributed by atoms with Crippen LogP contribution in [-0.4, -0.2) is 33.8 Å². The van der Waals surface area contributed by atoms with Crippen LogP contribution in [-0.2, 0) is 6.61 Å². The Labute approximate surface area is 224 Å². The normalized spacial score (nSPS) is 13.9. The number of hydrogen-bond donors (Lipinski definition) is 0. The number of fused-ring (bicyclic) bond motifs is 6. The number of rotatable bonds is 6. The molecule has 0 unspecified atom stereocenters. The molecule has 0 bridgehead atoms. The third kappa shape index (κ3) is 3.88. The molecule has 1 aliphatic rings. The van der Waals surface area contributed by atoms with Crippen LogP contribution in [0.3, 0.4) is 0 Å². The van der Waals surface area contributed by atoms with Gasteiger partial charge < -0.3 is 18.9 Å². The van der Waals surface area contributed by atoms with Crippen molar-refractivity contribution in [1.82, 2.24) is 19.6 Å². The predicted octanol–water partition coefficient (Wildman–Crippen LogP) is 6.16. The smallest absolute Gasteiger partial charge is 0.228 e. The van der Waals surface area contributed by atoms with E-state index in [9.17, 15) is 0 Å². The van der Waals surface area contributed by atoms with Crippen molar-refractivity contribution in [3.63, 3.8) is 0 Å². The summed E-state index contributed by atoms with van der Waals surface area (Å²) in [5, 5.41) is 6.87. The monoisotopic (exact) mass is 516 g/mol. The van der Waals surface area contributed by atoms with Crippen molar-refractivity contribution in [2.45, 2.75) is 12.5 Å². The average Bonchev–Trinajstić information content (AvgIpc) is 3.42. The summed E-state index contributed by atoms with van der Waals surface area (Å²) in [6.07, 6.45) is 1.63. The highest BCUT2D eigenvalue weighted by atomic mass is 16.5. The van der Waals surface area contributed by atoms with Gasteiger partial charge >= 0.3 is 0 Å². The maximum absolute atomic E-state index is 6.41. The number of aromatic nitrogens is 4.